The fourth-order valence-corrected chi connectivity index (χ4v) is 1.56. The van der Waals surface area contributed by atoms with Crippen molar-refractivity contribution in [3.8, 4) is 0 Å². The van der Waals surface area contributed by atoms with E-state index >= 15 is 0 Å². The molecule has 0 aliphatic heterocycles. The molecule has 21 heavy (non-hydrogen) atoms. The summed E-state index contributed by atoms with van der Waals surface area (Å²) < 4.78 is 0. The van der Waals surface area contributed by atoms with Crippen LogP contribution in [0.2, 0.25) is 0 Å². The summed E-state index contributed by atoms with van der Waals surface area (Å²) in [7, 11) is 0. The number of hydrogen-bond donors (Lipinski definition) is 2. The Morgan fingerprint density at radius 3 is 2.19 bits per heavy atom. The molecule has 2 N–H and O–H groups in total. The number of Topliss-reactive ketones (excluding diaryl/α,β-unsaturated/α-hetero) is 1. The minimum Gasteiger partial charge on any atom is -0.308 e. The third-order valence-electron chi connectivity index (χ3n) is 2.87. The van der Waals surface area contributed by atoms with Crippen LogP contribution in [-0.4, -0.2) is 27.0 Å². The van der Waals surface area contributed by atoms with Crippen LogP contribution in [0.4, 0.5) is 16.4 Å². The van der Waals surface area contributed by atoms with E-state index in [0.29, 0.717) is 22.6 Å². The average molecular weight is 285 g/mol. The molecule has 0 aliphatic rings. The average Bonchev–Trinajstić information content (AvgIpc) is 2.43. The van der Waals surface area contributed by atoms with Crippen LogP contribution in [0.15, 0.2) is 24.3 Å². The fraction of sp³-hybridized carbons (Fsp3) is 0.214. The van der Waals surface area contributed by atoms with Crippen LogP contribution in [0.3, 0.4) is 0 Å². The van der Waals surface area contributed by atoms with E-state index in [9.17, 15) is 9.59 Å². The number of benzene rings is 1. The van der Waals surface area contributed by atoms with Gasteiger partial charge in [0.2, 0.25) is 0 Å². The fourth-order valence-electron chi connectivity index (χ4n) is 1.56. The van der Waals surface area contributed by atoms with Crippen LogP contribution < -0.4 is 10.6 Å². The molecule has 2 aromatic rings. The molecule has 108 valence electrons. The number of rotatable bonds is 3. The first-order chi connectivity index (χ1) is 9.95. The number of hydrogen-bond acceptors (Lipinski definition) is 5. The Labute approximate surface area is 121 Å². The third-order valence-corrected chi connectivity index (χ3v) is 2.87. The number of ketones is 1. The van der Waals surface area contributed by atoms with Crippen LogP contribution in [0.5, 0.6) is 0 Å². The molecule has 0 aliphatic carbocycles. The van der Waals surface area contributed by atoms with E-state index in [4.69, 9.17) is 0 Å². The molecule has 2 amide bonds. The predicted octanol–water partition coefficient (Wildman–Crippen LogP) is 2.34. The summed E-state index contributed by atoms with van der Waals surface area (Å²) in [6, 6.07) is 6.11. The Morgan fingerprint density at radius 2 is 1.62 bits per heavy atom. The molecule has 0 bridgehead atoms. The Balaban J connectivity index is 2.01. The summed E-state index contributed by atoms with van der Waals surface area (Å²) in [6.45, 7) is 5.06. The van der Waals surface area contributed by atoms with Gasteiger partial charge < -0.3 is 5.32 Å². The van der Waals surface area contributed by atoms with Crippen molar-refractivity contribution in [3.63, 3.8) is 0 Å². The van der Waals surface area contributed by atoms with Crippen molar-refractivity contribution in [2.75, 3.05) is 10.6 Å². The minimum atomic E-state index is -0.476. The van der Waals surface area contributed by atoms with Crippen LogP contribution in [0.25, 0.3) is 0 Å². The number of amides is 2. The van der Waals surface area contributed by atoms with E-state index in [1.165, 1.54) is 6.92 Å². The first kappa shape index (κ1) is 14.6. The van der Waals surface area contributed by atoms with E-state index in [-0.39, 0.29) is 11.7 Å². The molecule has 0 radical (unpaired) electrons. The number of carbonyl (C=O) groups is 2. The van der Waals surface area contributed by atoms with Crippen molar-refractivity contribution in [3.05, 3.63) is 41.2 Å². The zero-order valence-corrected chi connectivity index (χ0v) is 12.0. The van der Waals surface area contributed by atoms with Crippen molar-refractivity contribution in [2.24, 2.45) is 0 Å². The summed E-state index contributed by atoms with van der Waals surface area (Å²) in [6.07, 6.45) is 0. The Bertz CT molecular complexity index is 682. The number of nitrogens with one attached hydrogen (secondary N) is 2. The SMILES string of the molecule is CC(=O)c1ccc(NC(=O)Nc2nnc(C)c(C)n2)cc1. The van der Waals surface area contributed by atoms with Gasteiger partial charge in [-0.15, -0.1) is 5.10 Å². The highest BCUT2D eigenvalue weighted by Crippen LogP contribution is 2.10. The lowest BCUT2D eigenvalue weighted by Gasteiger charge is -2.07. The highest BCUT2D eigenvalue weighted by Gasteiger charge is 2.07. The van der Waals surface area contributed by atoms with Crippen molar-refractivity contribution in [2.45, 2.75) is 20.8 Å². The zero-order valence-electron chi connectivity index (χ0n) is 12.0. The maximum atomic E-state index is 11.8. The molecule has 1 aromatic heterocycles. The number of aromatic nitrogens is 3. The van der Waals surface area contributed by atoms with Crippen molar-refractivity contribution < 1.29 is 9.59 Å². The van der Waals surface area contributed by atoms with Crippen LogP contribution in [0, 0.1) is 13.8 Å². The monoisotopic (exact) mass is 285 g/mol. The molecule has 1 aromatic carbocycles. The van der Waals surface area contributed by atoms with Gasteiger partial charge in [-0.1, -0.05) is 0 Å². The molecule has 2 rings (SSSR count). The third kappa shape index (κ3) is 3.82. The first-order valence-electron chi connectivity index (χ1n) is 6.32. The van der Waals surface area contributed by atoms with Gasteiger partial charge in [-0.25, -0.2) is 9.78 Å². The number of anilines is 2. The van der Waals surface area contributed by atoms with Crippen molar-refractivity contribution in [1.29, 1.82) is 0 Å². The molecular formula is C14H15N5O2. The van der Waals surface area contributed by atoms with E-state index in [2.05, 4.69) is 25.8 Å². The van der Waals surface area contributed by atoms with E-state index in [0.717, 1.165) is 0 Å². The highest BCUT2D eigenvalue weighted by molar-refractivity contribution is 5.99. The van der Waals surface area contributed by atoms with Crippen molar-refractivity contribution >= 4 is 23.5 Å². The highest BCUT2D eigenvalue weighted by atomic mass is 16.2. The molecule has 0 spiro atoms. The van der Waals surface area contributed by atoms with E-state index in [1.54, 1.807) is 38.1 Å². The summed E-state index contributed by atoms with van der Waals surface area (Å²) in [5, 5.41) is 12.8. The summed E-state index contributed by atoms with van der Waals surface area (Å²) in [4.78, 5) is 27.1. The van der Waals surface area contributed by atoms with Gasteiger partial charge in [0.05, 0.1) is 11.4 Å². The Morgan fingerprint density at radius 1 is 0.952 bits per heavy atom. The maximum Gasteiger partial charge on any atom is 0.326 e. The topological polar surface area (TPSA) is 96.9 Å². The van der Waals surface area contributed by atoms with E-state index in [1.807, 2.05) is 0 Å². The van der Waals surface area contributed by atoms with Gasteiger partial charge in [-0.3, -0.25) is 10.1 Å². The second-order valence-corrected chi connectivity index (χ2v) is 4.52. The lowest BCUT2D eigenvalue weighted by molar-refractivity contribution is 0.101. The molecule has 7 nitrogen and oxygen atoms in total. The quantitative estimate of drug-likeness (QED) is 0.844. The lowest BCUT2D eigenvalue weighted by Crippen LogP contribution is -2.21. The molecule has 0 atom stereocenters. The zero-order chi connectivity index (χ0) is 15.4. The van der Waals surface area contributed by atoms with Crippen LogP contribution in [0.1, 0.15) is 28.7 Å². The number of nitrogens with zero attached hydrogens (tertiary/aromatic N) is 3. The predicted molar refractivity (Wildman–Crippen MR) is 78.4 cm³/mol. The number of urea groups is 1. The number of carbonyl (C=O) groups excluding carboxylic acids is 2. The van der Waals surface area contributed by atoms with Crippen molar-refractivity contribution in [1.82, 2.24) is 15.2 Å². The van der Waals surface area contributed by atoms with Gasteiger partial charge in [-0.2, -0.15) is 5.10 Å². The van der Waals surface area contributed by atoms with Gasteiger partial charge >= 0.3 is 6.03 Å². The lowest BCUT2D eigenvalue weighted by atomic mass is 10.1. The second kappa shape index (κ2) is 6.08. The largest absolute Gasteiger partial charge is 0.326 e. The van der Waals surface area contributed by atoms with E-state index < -0.39 is 6.03 Å². The molecule has 0 saturated heterocycles. The van der Waals surface area contributed by atoms with Crippen LogP contribution >= 0.6 is 0 Å². The minimum absolute atomic E-state index is 0.0272. The molecule has 0 fully saturated rings. The molecule has 0 unspecified atom stereocenters. The van der Waals surface area contributed by atoms with Gasteiger partial charge in [0.15, 0.2) is 5.78 Å². The van der Waals surface area contributed by atoms with Crippen LogP contribution in [-0.2, 0) is 0 Å². The van der Waals surface area contributed by atoms with Gasteiger partial charge in [0.25, 0.3) is 5.95 Å². The summed E-state index contributed by atoms with van der Waals surface area (Å²) in [5.41, 5.74) is 2.56. The number of aryl methyl sites for hydroxylation is 2. The Hall–Kier alpha value is -2.83. The molecular weight excluding hydrogens is 270 g/mol. The molecule has 0 saturated carbocycles. The summed E-state index contributed by atoms with van der Waals surface area (Å²) >= 11 is 0. The maximum absolute atomic E-state index is 11.8. The van der Waals surface area contributed by atoms with Gasteiger partial charge in [0.1, 0.15) is 0 Å². The Kier molecular flexibility index (Phi) is 4.22. The second-order valence-electron chi connectivity index (χ2n) is 4.52. The summed E-state index contributed by atoms with van der Waals surface area (Å²) in [5.74, 6) is 0.108. The normalized spacial score (nSPS) is 10.0. The van der Waals surface area contributed by atoms with Gasteiger partial charge in [-0.05, 0) is 45.0 Å². The molecule has 7 heteroatoms. The smallest absolute Gasteiger partial charge is 0.308 e. The standard InChI is InChI=1S/C14H15N5O2/c1-8-9(2)18-19-13(15-8)17-14(21)16-12-6-4-11(5-7-12)10(3)20/h4-7H,1-3H3,(H2,15,16,17,19,21). The first-order valence-corrected chi connectivity index (χ1v) is 6.32. The molecule has 1 heterocycles. The van der Waals surface area contributed by atoms with Gasteiger partial charge in [0, 0.05) is 11.3 Å².